The number of hydrogen-bond acceptors (Lipinski definition) is 2. The van der Waals surface area contributed by atoms with Crippen molar-refractivity contribution in [3.63, 3.8) is 0 Å². The molecular formula is C6H18Br2O2Ti. The zero-order valence-corrected chi connectivity index (χ0v) is 12.0. The van der Waals surface area contributed by atoms with Gasteiger partial charge in [-0.3, -0.25) is 0 Å². The van der Waals surface area contributed by atoms with Crippen molar-refractivity contribution in [3.8, 4) is 0 Å². The summed E-state index contributed by atoms with van der Waals surface area (Å²) < 4.78 is 0. The maximum absolute atomic E-state index is 7.88. The second-order valence-electron chi connectivity index (χ2n) is 1.45. The average molecular weight is 330 g/mol. The van der Waals surface area contributed by atoms with Crippen molar-refractivity contribution >= 4 is 34.0 Å². The summed E-state index contributed by atoms with van der Waals surface area (Å²) in [5.41, 5.74) is 0. The second-order valence-corrected chi connectivity index (χ2v) is 1.45. The van der Waals surface area contributed by atoms with Crippen LogP contribution in [0, 0.1) is 0 Å². The molecule has 72 valence electrons. The molecule has 5 heteroatoms. The molecule has 2 N–H and O–H groups in total. The van der Waals surface area contributed by atoms with Gasteiger partial charge in [0.25, 0.3) is 0 Å². The largest absolute Gasteiger partial charge is 0.396 e. The fraction of sp³-hybridized carbons (Fsp3) is 1.00. The van der Waals surface area contributed by atoms with Gasteiger partial charge in [-0.1, -0.05) is 13.8 Å². The van der Waals surface area contributed by atoms with Crippen LogP contribution in [-0.4, -0.2) is 23.4 Å². The first-order chi connectivity index (χ1) is 3.83. The van der Waals surface area contributed by atoms with Crippen LogP contribution in [0.3, 0.4) is 0 Å². The van der Waals surface area contributed by atoms with Crippen molar-refractivity contribution in [1.29, 1.82) is 0 Å². The Morgan fingerprint density at radius 3 is 0.909 bits per heavy atom. The van der Waals surface area contributed by atoms with Crippen molar-refractivity contribution in [2.75, 3.05) is 13.2 Å². The second kappa shape index (κ2) is 41.6. The fourth-order valence-electron chi connectivity index (χ4n) is 0. The van der Waals surface area contributed by atoms with Crippen LogP contribution in [0.2, 0.25) is 0 Å². The summed E-state index contributed by atoms with van der Waals surface area (Å²) in [4.78, 5) is 0. The van der Waals surface area contributed by atoms with Gasteiger partial charge < -0.3 is 10.2 Å². The number of halogens is 2. The number of hydrogen-bond donors (Lipinski definition) is 2. The third-order valence-corrected chi connectivity index (χ3v) is 0.447. The monoisotopic (exact) mass is 328 g/mol. The third kappa shape index (κ3) is 82.6. The molecule has 0 radical (unpaired) electrons. The predicted octanol–water partition coefficient (Wildman–Crippen LogP) is 1.93. The van der Waals surface area contributed by atoms with E-state index < -0.39 is 0 Å². The molecule has 0 spiro atoms. The number of rotatable bonds is 2. The summed E-state index contributed by atoms with van der Waals surface area (Å²) in [6.07, 6.45) is 1.75. The van der Waals surface area contributed by atoms with E-state index >= 15 is 0 Å². The van der Waals surface area contributed by atoms with Crippen molar-refractivity contribution in [3.05, 3.63) is 0 Å². The van der Waals surface area contributed by atoms with Crippen LogP contribution in [0.4, 0.5) is 0 Å². The molecule has 0 amide bonds. The minimum atomic E-state index is 0. The van der Waals surface area contributed by atoms with Crippen LogP contribution in [-0.2, 0) is 21.7 Å². The Morgan fingerprint density at radius 1 is 0.818 bits per heavy atom. The first kappa shape index (κ1) is 29.4. The normalized spacial score (nSPS) is 5.45. The topological polar surface area (TPSA) is 40.5 Å². The third-order valence-electron chi connectivity index (χ3n) is 0.447. The van der Waals surface area contributed by atoms with Gasteiger partial charge in [0.15, 0.2) is 0 Å². The summed E-state index contributed by atoms with van der Waals surface area (Å²) in [7, 11) is 0. The molecule has 2 nitrogen and oxygen atoms in total. The van der Waals surface area contributed by atoms with Gasteiger partial charge in [-0.2, -0.15) is 0 Å². The van der Waals surface area contributed by atoms with Crippen LogP contribution >= 0.6 is 34.0 Å². The zero-order chi connectivity index (χ0) is 6.83. The molecule has 0 unspecified atom stereocenters. The van der Waals surface area contributed by atoms with Crippen LogP contribution in [0.5, 0.6) is 0 Å². The molecule has 0 rings (SSSR count). The molecule has 0 aliphatic heterocycles. The summed E-state index contributed by atoms with van der Waals surface area (Å²) >= 11 is 0. The SMILES string of the molecule is Br.Br.CCCO.CCCO.[Ti]. The first-order valence-corrected chi connectivity index (χ1v) is 3.05. The van der Waals surface area contributed by atoms with E-state index in [-0.39, 0.29) is 55.7 Å². The first-order valence-electron chi connectivity index (χ1n) is 3.05. The van der Waals surface area contributed by atoms with E-state index in [1.54, 1.807) is 0 Å². The number of aliphatic hydroxyl groups excluding tert-OH is 2. The molecule has 0 aliphatic rings. The smallest absolute Gasteiger partial charge is 0.0428 e. The molecule has 0 aromatic heterocycles. The van der Waals surface area contributed by atoms with E-state index in [4.69, 9.17) is 10.2 Å². The predicted molar refractivity (Wildman–Crippen MR) is 55.4 cm³/mol. The molecule has 0 fully saturated rings. The van der Waals surface area contributed by atoms with Crippen molar-refractivity contribution < 1.29 is 31.9 Å². The summed E-state index contributed by atoms with van der Waals surface area (Å²) in [6, 6.07) is 0. The van der Waals surface area contributed by atoms with Gasteiger partial charge in [-0.05, 0) is 12.8 Å². The molecule has 0 aromatic rings. The molecule has 0 heterocycles. The van der Waals surface area contributed by atoms with Gasteiger partial charge in [0.1, 0.15) is 0 Å². The average Bonchev–Trinajstić information content (AvgIpc) is 1.88. The van der Waals surface area contributed by atoms with Gasteiger partial charge in [-0.15, -0.1) is 34.0 Å². The van der Waals surface area contributed by atoms with Crippen molar-refractivity contribution in [2.45, 2.75) is 26.7 Å². The minimum Gasteiger partial charge on any atom is -0.396 e. The Balaban J connectivity index is -0.0000000171. The molecule has 0 saturated heterocycles. The quantitative estimate of drug-likeness (QED) is 0.760. The molecule has 0 aromatic carbocycles. The molecule has 11 heavy (non-hydrogen) atoms. The van der Waals surface area contributed by atoms with E-state index in [1.165, 1.54) is 0 Å². The molecule has 0 saturated carbocycles. The van der Waals surface area contributed by atoms with Crippen molar-refractivity contribution in [1.82, 2.24) is 0 Å². The molecule has 0 atom stereocenters. The molecular weight excluding hydrogens is 312 g/mol. The zero-order valence-electron chi connectivity index (χ0n) is 7.04. The maximum atomic E-state index is 7.88. The van der Waals surface area contributed by atoms with Crippen LogP contribution < -0.4 is 0 Å². The van der Waals surface area contributed by atoms with Gasteiger partial charge in [0.2, 0.25) is 0 Å². The molecule has 0 bridgehead atoms. The maximum Gasteiger partial charge on any atom is 0.0428 e. The Bertz CT molecular complexity index is 26.5. The van der Waals surface area contributed by atoms with Gasteiger partial charge in [-0.25, -0.2) is 0 Å². The molecule has 0 aliphatic carbocycles. The Morgan fingerprint density at radius 2 is 0.909 bits per heavy atom. The Labute approximate surface area is 105 Å². The minimum absolute atomic E-state index is 0. The van der Waals surface area contributed by atoms with Gasteiger partial charge >= 0.3 is 0 Å². The van der Waals surface area contributed by atoms with E-state index in [9.17, 15) is 0 Å². The van der Waals surface area contributed by atoms with Crippen LogP contribution in [0.15, 0.2) is 0 Å². The number of aliphatic hydroxyl groups is 2. The van der Waals surface area contributed by atoms with Crippen LogP contribution in [0.1, 0.15) is 26.7 Å². The Kier molecular flexibility index (Phi) is 111. The van der Waals surface area contributed by atoms with Crippen LogP contribution in [0.25, 0.3) is 0 Å². The van der Waals surface area contributed by atoms with E-state index in [2.05, 4.69) is 0 Å². The van der Waals surface area contributed by atoms with Crippen molar-refractivity contribution in [2.24, 2.45) is 0 Å². The summed E-state index contributed by atoms with van der Waals surface area (Å²) in [5.74, 6) is 0. The van der Waals surface area contributed by atoms with E-state index in [0.717, 1.165) is 12.8 Å². The Hall–Kier alpha value is 1.59. The van der Waals surface area contributed by atoms with Gasteiger partial charge in [0.05, 0.1) is 0 Å². The summed E-state index contributed by atoms with van der Waals surface area (Å²) in [5, 5.41) is 15.8. The fourth-order valence-corrected chi connectivity index (χ4v) is 0. The standard InChI is InChI=1S/2C3H8O.2BrH.Ti/c2*1-2-3-4;;;/h2*4H,2-3H2,1H3;2*1H;. The van der Waals surface area contributed by atoms with Gasteiger partial charge in [0, 0.05) is 34.9 Å². The summed E-state index contributed by atoms with van der Waals surface area (Å²) in [6.45, 7) is 4.50. The van der Waals surface area contributed by atoms with E-state index in [0.29, 0.717) is 13.2 Å². The van der Waals surface area contributed by atoms with E-state index in [1.807, 2.05) is 13.8 Å².